The van der Waals surface area contributed by atoms with Crippen LogP contribution in [-0.2, 0) is 9.59 Å². The zero-order chi connectivity index (χ0) is 23.9. The van der Waals surface area contributed by atoms with Crippen LogP contribution in [0, 0.1) is 0 Å². The number of benzene rings is 2. The molecule has 2 aliphatic rings. The molecule has 0 bridgehead atoms. The van der Waals surface area contributed by atoms with E-state index in [1.807, 2.05) is 19.1 Å². The Hall–Kier alpha value is -3.38. The van der Waals surface area contributed by atoms with Crippen molar-refractivity contribution in [2.75, 3.05) is 16.3 Å². The smallest absolute Gasteiger partial charge is 0.335 e. The summed E-state index contributed by atoms with van der Waals surface area (Å²) in [7, 11) is 0. The molecule has 4 amide bonds. The van der Waals surface area contributed by atoms with Crippen molar-refractivity contribution in [3.05, 3.63) is 70.3 Å². The molecule has 0 aromatic heterocycles. The van der Waals surface area contributed by atoms with Crippen molar-refractivity contribution < 1.29 is 14.4 Å². The zero-order valence-electron chi connectivity index (χ0n) is 19.1. The largest absolute Gasteiger partial charge is 0.362 e. The van der Waals surface area contributed by atoms with E-state index in [9.17, 15) is 14.4 Å². The number of para-hydroxylation sites is 1. The standard InChI is InChI=1S/C26H26ClN3O3/c1-5-11-29-22-14-21(27)17(12-19(22)16(2)15-26(29,3)4)13-20-23(31)28-25(33)30(24(20)32)18-9-7-6-8-10-18/h6-10,12-15H,5,11H2,1-4H3,(H,28,31,33)/b20-13-. The van der Waals surface area contributed by atoms with Gasteiger partial charge in [0, 0.05) is 22.8 Å². The molecule has 33 heavy (non-hydrogen) atoms. The van der Waals surface area contributed by atoms with Gasteiger partial charge in [0.2, 0.25) is 0 Å². The van der Waals surface area contributed by atoms with E-state index in [0.29, 0.717) is 16.3 Å². The van der Waals surface area contributed by atoms with Gasteiger partial charge in [0.05, 0.1) is 11.2 Å². The van der Waals surface area contributed by atoms with E-state index in [0.717, 1.165) is 34.7 Å². The number of halogens is 1. The first-order valence-corrected chi connectivity index (χ1v) is 11.3. The maximum Gasteiger partial charge on any atom is 0.335 e. The number of nitrogens with one attached hydrogen (secondary N) is 1. The van der Waals surface area contributed by atoms with Gasteiger partial charge in [-0.25, -0.2) is 9.69 Å². The van der Waals surface area contributed by atoms with Crippen LogP contribution in [0.5, 0.6) is 0 Å². The lowest BCUT2D eigenvalue weighted by atomic mass is 9.87. The van der Waals surface area contributed by atoms with Crippen molar-refractivity contribution in [1.82, 2.24) is 5.32 Å². The molecule has 170 valence electrons. The second-order valence-corrected chi connectivity index (χ2v) is 9.22. The van der Waals surface area contributed by atoms with Crippen LogP contribution in [0.25, 0.3) is 11.6 Å². The van der Waals surface area contributed by atoms with Gasteiger partial charge in [0.1, 0.15) is 5.57 Å². The summed E-state index contributed by atoms with van der Waals surface area (Å²) in [5.41, 5.74) is 3.73. The van der Waals surface area contributed by atoms with Crippen LogP contribution < -0.4 is 15.1 Å². The molecule has 0 unspecified atom stereocenters. The molecule has 2 aromatic rings. The van der Waals surface area contributed by atoms with E-state index >= 15 is 0 Å². The van der Waals surface area contributed by atoms with Crippen LogP contribution in [-0.4, -0.2) is 29.9 Å². The lowest BCUT2D eigenvalue weighted by Crippen LogP contribution is -2.54. The number of imide groups is 2. The highest BCUT2D eigenvalue weighted by Crippen LogP contribution is 2.42. The molecule has 1 saturated heterocycles. The molecule has 0 atom stereocenters. The quantitative estimate of drug-likeness (QED) is 0.485. The minimum atomic E-state index is -0.777. The van der Waals surface area contributed by atoms with Gasteiger partial charge in [-0.1, -0.05) is 42.8 Å². The molecule has 6 nitrogen and oxygen atoms in total. The molecule has 0 radical (unpaired) electrons. The third-order valence-corrected chi connectivity index (χ3v) is 6.29. The minimum Gasteiger partial charge on any atom is -0.362 e. The maximum absolute atomic E-state index is 13.2. The Morgan fingerprint density at radius 1 is 1.09 bits per heavy atom. The SMILES string of the molecule is CCCN1c2cc(Cl)c(/C=C3/C(=O)NC(=O)N(c4ccccc4)C3=O)cc2C(C)=CC1(C)C. The number of hydrogen-bond acceptors (Lipinski definition) is 4. The van der Waals surface area contributed by atoms with Crippen molar-refractivity contribution in [2.45, 2.75) is 39.7 Å². The molecule has 2 aliphatic heterocycles. The average molecular weight is 464 g/mol. The molecule has 2 heterocycles. The van der Waals surface area contributed by atoms with E-state index < -0.39 is 17.8 Å². The summed E-state index contributed by atoms with van der Waals surface area (Å²) in [6.45, 7) is 9.38. The molecule has 1 N–H and O–H groups in total. The lowest BCUT2D eigenvalue weighted by Gasteiger charge is -2.43. The fourth-order valence-electron chi connectivity index (χ4n) is 4.48. The normalized spacial score (nSPS) is 18.9. The predicted octanol–water partition coefficient (Wildman–Crippen LogP) is 5.42. The third-order valence-electron chi connectivity index (χ3n) is 5.96. The van der Waals surface area contributed by atoms with E-state index in [-0.39, 0.29) is 11.1 Å². The van der Waals surface area contributed by atoms with Gasteiger partial charge in [-0.15, -0.1) is 0 Å². The number of carbonyl (C=O) groups excluding carboxylic acids is 3. The molecular weight excluding hydrogens is 438 g/mol. The summed E-state index contributed by atoms with van der Waals surface area (Å²) in [6.07, 6.45) is 4.65. The van der Waals surface area contributed by atoms with Gasteiger partial charge in [0.25, 0.3) is 11.8 Å². The number of fused-ring (bicyclic) bond motifs is 1. The molecule has 7 heteroatoms. The maximum atomic E-state index is 13.2. The molecular formula is C26H26ClN3O3. The Morgan fingerprint density at radius 2 is 1.79 bits per heavy atom. The second kappa shape index (κ2) is 8.52. The number of amides is 4. The Kier molecular flexibility index (Phi) is 5.89. The van der Waals surface area contributed by atoms with Gasteiger partial charge >= 0.3 is 6.03 Å². The first kappa shape index (κ1) is 22.8. The average Bonchev–Trinajstić information content (AvgIpc) is 2.75. The molecule has 1 fully saturated rings. The van der Waals surface area contributed by atoms with Crippen LogP contribution in [0.15, 0.2) is 54.1 Å². The van der Waals surface area contributed by atoms with E-state index in [4.69, 9.17) is 11.6 Å². The van der Waals surface area contributed by atoms with Gasteiger partial charge in [-0.2, -0.15) is 0 Å². The summed E-state index contributed by atoms with van der Waals surface area (Å²) in [4.78, 5) is 41.4. The summed E-state index contributed by atoms with van der Waals surface area (Å²) >= 11 is 6.65. The Labute approximate surface area is 198 Å². The number of rotatable bonds is 4. The number of urea groups is 1. The highest BCUT2D eigenvalue weighted by Gasteiger charge is 2.37. The van der Waals surface area contributed by atoms with Gasteiger partial charge in [0.15, 0.2) is 0 Å². The third kappa shape index (κ3) is 4.07. The molecule has 2 aromatic carbocycles. The summed E-state index contributed by atoms with van der Waals surface area (Å²) < 4.78 is 0. The number of barbiturate groups is 1. The molecule has 0 aliphatic carbocycles. The first-order chi connectivity index (χ1) is 15.6. The first-order valence-electron chi connectivity index (χ1n) is 10.9. The fourth-order valence-corrected chi connectivity index (χ4v) is 4.69. The highest BCUT2D eigenvalue weighted by atomic mass is 35.5. The summed E-state index contributed by atoms with van der Waals surface area (Å²) in [5.74, 6) is -1.43. The second-order valence-electron chi connectivity index (χ2n) is 8.82. The van der Waals surface area contributed by atoms with Gasteiger partial charge in [-0.3, -0.25) is 14.9 Å². The Balaban J connectivity index is 1.79. The van der Waals surface area contributed by atoms with Crippen LogP contribution in [0.3, 0.4) is 0 Å². The number of hydrogen-bond donors (Lipinski definition) is 1. The number of carbonyl (C=O) groups is 3. The molecule has 0 spiro atoms. The van der Waals surface area contributed by atoms with E-state index in [1.165, 1.54) is 6.08 Å². The molecule has 0 saturated carbocycles. The minimum absolute atomic E-state index is 0.150. The molecule has 4 rings (SSSR count). The van der Waals surface area contributed by atoms with Crippen LogP contribution in [0.2, 0.25) is 5.02 Å². The van der Waals surface area contributed by atoms with E-state index in [1.54, 1.807) is 30.3 Å². The van der Waals surface area contributed by atoms with Crippen LogP contribution in [0.1, 0.15) is 45.2 Å². The fraction of sp³-hybridized carbons (Fsp3) is 0.269. The van der Waals surface area contributed by atoms with Crippen molar-refractivity contribution in [1.29, 1.82) is 0 Å². The summed E-state index contributed by atoms with van der Waals surface area (Å²) in [5, 5.41) is 2.68. The predicted molar refractivity (Wildman–Crippen MR) is 132 cm³/mol. The zero-order valence-corrected chi connectivity index (χ0v) is 19.9. The van der Waals surface area contributed by atoms with E-state index in [2.05, 4.69) is 37.1 Å². The van der Waals surface area contributed by atoms with Gasteiger partial charge < -0.3 is 4.90 Å². The Bertz CT molecular complexity index is 1210. The monoisotopic (exact) mass is 463 g/mol. The van der Waals surface area contributed by atoms with Crippen molar-refractivity contribution in [3.8, 4) is 0 Å². The topological polar surface area (TPSA) is 69.7 Å². The van der Waals surface area contributed by atoms with Crippen LogP contribution in [0.4, 0.5) is 16.2 Å². The lowest BCUT2D eigenvalue weighted by molar-refractivity contribution is -0.122. The number of nitrogens with zero attached hydrogens (tertiary/aromatic N) is 2. The van der Waals surface area contributed by atoms with Gasteiger partial charge in [-0.05, 0) is 68.7 Å². The van der Waals surface area contributed by atoms with Crippen molar-refractivity contribution in [3.63, 3.8) is 0 Å². The summed E-state index contributed by atoms with van der Waals surface area (Å²) in [6, 6.07) is 11.5. The number of allylic oxidation sites excluding steroid dienone is 1. The highest BCUT2D eigenvalue weighted by molar-refractivity contribution is 6.40. The van der Waals surface area contributed by atoms with Crippen molar-refractivity contribution >= 4 is 52.5 Å². The number of anilines is 2. The van der Waals surface area contributed by atoms with Crippen molar-refractivity contribution in [2.24, 2.45) is 0 Å². The Morgan fingerprint density at radius 3 is 2.45 bits per heavy atom. The van der Waals surface area contributed by atoms with Crippen LogP contribution >= 0.6 is 11.6 Å².